The average molecular weight is 397 g/mol. The van der Waals surface area contributed by atoms with Gasteiger partial charge in [0.1, 0.15) is 0 Å². The highest BCUT2D eigenvalue weighted by Crippen LogP contribution is 2.28. The summed E-state index contributed by atoms with van der Waals surface area (Å²) in [4.78, 5) is 22.4. The number of carbonyl (C=O) groups is 1. The number of nitrogens with one attached hydrogen (secondary N) is 3. The molecule has 1 amide bonds. The molecule has 4 aromatic rings. The minimum absolute atomic E-state index is 0.140. The van der Waals surface area contributed by atoms with Gasteiger partial charge < -0.3 is 20.5 Å². The number of rotatable bonds is 4. The van der Waals surface area contributed by atoms with E-state index in [-0.39, 0.29) is 5.91 Å². The maximum absolute atomic E-state index is 12.8. The summed E-state index contributed by atoms with van der Waals surface area (Å²) >= 11 is 0. The number of fused-ring (bicyclic) bond motifs is 1. The molecule has 1 aliphatic rings. The number of aromatic amines is 1. The summed E-state index contributed by atoms with van der Waals surface area (Å²) in [5.41, 5.74) is 5.77. The van der Waals surface area contributed by atoms with Crippen molar-refractivity contribution in [1.29, 1.82) is 0 Å². The van der Waals surface area contributed by atoms with Gasteiger partial charge in [0.05, 0.1) is 5.56 Å². The monoisotopic (exact) mass is 397 g/mol. The highest BCUT2D eigenvalue weighted by molar-refractivity contribution is 6.13. The third-order valence-corrected chi connectivity index (χ3v) is 5.55. The van der Waals surface area contributed by atoms with Crippen LogP contribution in [0.3, 0.4) is 0 Å². The minimum atomic E-state index is -0.140. The molecule has 0 spiro atoms. The first-order chi connectivity index (χ1) is 14.8. The Kier molecular flexibility index (Phi) is 4.91. The molecular formula is C24H23N5O. The fourth-order valence-corrected chi connectivity index (χ4v) is 3.91. The predicted octanol–water partition coefficient (Wildman–Crippen LogP) is 3.89. The number of anilines is 2. The normalized spacial score (nSPS) is 14.1. The van der Waals surface area contributed by atoms with Gasteiger partial charge in [-0.1, -0.05) is 18.2 Å². The molecule has 1 aliphatic heterocycles. The van der Waals surface area contributed by atoms with E-state index in [0.29, 0.717) is 5.56 Å². The number of H-pyrrole nitrogens is 1. The first-order valence-corrected chi connectivity index (χ1v) is 10.2. The lowest BCUT2D eigenvalue weighted by Gasteiger charge is -2.29. The molecule has 0 aliphatic carbocycles. The molecular weight excluding hydrogens is 374 g/mol. The van der Waals surface area contributed by atoms with E-state index in [9.17, 15) is 4.79 Å². The van der Waals surface area contributed by atoms with Crippen molar-refractivity contribution in [2.24, 2.45) is 0 Å². The number of aromatic nitrogens is 2. The van der Waals surface area contributed by atoms with Crippen molar-refractivity contribution in [2.45, 2.75) is 0 Å². The number of benzene rings is 2. The van der Waals surface area contributed by atoms with Gasteiger partial charge in [-0.25, -0.2) is 0 Å². The van der Waals surface area contributed by atoms with Gasteiger partial charge in [-0.3, -0.25) is 9.78 Å². The van der Waals surface area contributed by atoms with E-state index < -0.39 is 0 Å². The second-order valence-corrected chi connectivity index (χ2v) is 7.44. The molecule has 0 radical (unpaired) electrons. The van der Waals surface area contributed by atoms with Gasteiger partial charge in [0.25, 0.3) is 5.91 Å². The zero-order valence-electron chi connectivity index (χ0n) is 16.6. The topological polar surface area (TPSA) is 73.0 Å². The van der Waals surface area contributed by atoms with E-state index in [1.165, 1.54) is 5.69 Å². The molecule has 0 unspecified atom stereocenters. The second kappa shape index (κ2) is 8.00. The molecule has 30 heavy (non-hydrogen) atoms. The van der Waals surface area contributed by atoms with Gasteiger partial charge in [-0.15, -0.1) is 0 Å². The minimum Gasteiger partial charge on any atom is -0.369 e. The molecule has 150 valence electrons. The molecule has 6 nitrogen and oxygen atoms in total. The van der Waals surface area contributed by atoms with E-state index in [2.05, 4.69) is 61.9 Å². The number of amides is 1. The molecule has 5 rings (SSSR count). The fourth-order valence-electron chi connectivity index (χ4n) is 3.91. The Morgan fingerprint density at radius 3 is 2.43 bits per heavy atom. The Hall–Kier alpha value is -3.64. The van der Waals surface area contributed by atoms with Crippen molar-refractivity contribution >= 4 is 28.2 Å². The molecule has 0 saturated carbocycles. The van der Waals surface area contributed by atoms with Gasteiger partial charge in [-0.2, -0.15) is 0 Å². The fraction of sp³-hybridized carbons (Fsp3) is 0.167. The molecule has 1 fully saturated rings. The molecule has 1 saturated heterocycles. The van der Waals surface area contributed by atoms with Crippen molar-refractivity contribution in [3.05, 3.63) is 78.8 Å². The quantitative estimate of drug-likeness (QED) is 0.488. The number of hydrogen-bond acceptors (Lipinski definition) is 4. The summed E-state index contributed by atoms with van der Waals surface area (Å²) in [6, 6.07) is 18.4. The third-order valence-electron chi connectivity index (χ3n) is 5.55. The Bertz CT molecular complexity index is 1160. The maximum Gasteiger partial charge on any atom is 0.257 e. The molecule has 6 heteroatoms. The molecule has 3 heterocycles. The second-order valence-electron chi connectivity index (χ2n) is 7.44. The zero-order valence-corrected chi connectivity index (χ0v) is 16.6. The summed E-state index contributed by atoms with van der Waals surface area (Å²) in [6.45, 7) is 4.11. The Morgan fingerprint density at radius 1 is 0.933 bits per heavy atom. The van der Waals surface area contributed by atoms with E-state index >= 15 is 0 Å². The van der Waals surface area contributed by atoms with Crippen LogP contribution in [0.5, 0.6) is 0 Å². The van der Waals surface area contributed by atoms with Gasteiger partial charge in [0.2, 0.25) is 0 Å². The van der Waals surface area contributed by atoms with Crippen molar-refractivity contribution in [1.82, 2.24) is 15.3 Å². The van der Waals surface area contributed by atoms with E-state index in [4.69, 9.17) is 0 Å². The molecule has 2 aromatic heterocycles. The number of carbonyl (C=O) groups excluding carboxylic acids is 1. The van der Waals surface area contributed by atoms with Crippen molar-refractivity contribution in [3.8, 4) is 11.1 Å². The summed E-state index contributed by atoms with van der Waals surface area (Å²) in [5.74, 6) is -0.140. The van der Waals surface area contributed by atoms with Crippen LogP contribution in [0.25, 0.3) is 22.0 Å². The highest BCUT2D eigenvalue weighted by atomic mass is 16.1. The van der Waals surface area contributed by atoms with Gasteiger partial charge in [0.15, 0.2) is 0 Å². The first-order valence-electron chi connectivity index (χ1n) is 10.2. The van der Waals surface area contributed by atoms with Crippen LogP contribution in [-0.2, 0) is 0 Å². The van der Waals surface area contributed by atoms with Crippen molar-refractivity contribution in [3.63, 3.8) is 0 Å². The SMILES string of the molecule is O=C(Nc1ccncc1)c1c[nH]c2ccc(-c3ccc(N4CCNCC4)cc3)cc12. The van der Waals surface area contributed by atoms with Crippen LogP contribution < -0.4 is 15.5 Å². The molecule has 3 N–H and O–H groups in total. The van der Waals surface area contributed by atoms with Crippen LogP contribution in [0.4, 0.5) is 11.4 Å². The van der Waals surface area contributed by atoms with Crippen molar-refractivity contribution < 1.29 is 4.79 Å². The number of nitrogens with zero attached hydrogens (tertiary/aromatic N) is 2. The predicted molar refractivity (Wildman–Crippen MR) is 121 cm³/mol. The molecule has 0 atom stereocenters. The zero-order chi connectivity index (χ0) is 20.3. The lowest BCUT2D eigenvalue weighted by atomic mass is 10.0. The van der Waals surface area contributed by atoms with Crippen LogP contribution in [0, 0.1) is 0 Å². The lowest BCUT2D eigenvalue weighted by Crippen LogP contribution is -2.43. The number of pyridine rings is 1. The summed E-state index contributed by atoms with van der Waals surface area (Å²) < 4.78 is 0. The van der Waals surface area contributed by atoms with Crippen molar-refractivity contribution in [2.75, 3.05) is 36.4 Å². The largest absolute Gasteiger partial charge is 0.369 e. The first kappa shape index (κ1) is 18.4. The Morgan fingerprint density at radius 2 is 1.67 bits per heavy atom. The third kappa shape index (κ3) is 3.65. The Balaban J connectivity index is 1.42. The van der Waals surface area contributed by atoms with Crippen LogP contribution >= 0.6 is 0 Å². The van der Waals surface area contributed by atoms with Gasteiger partial charge >= 0.3 is 0 Å². The van der Waals surface area contributed by atoms with Crippen LogP contribution in [0.1, 0.15) is 10.4 Å². The van der Waals surface area contributed by atoms with E-state index in [0.717, 1.165) is 53.9 Å². The van der Waals surface area contributed by atoms with Crippen LogP contribution in [-0.4, -0.2) is 42.1 Å². The number of hydrogen-bond donors (Lipinski definition) is 3. The molecule has 2 aromatic carbocycles. The van der Waals surface area contributed by atoms with Gasteiger partial charge in [0, 0.05) is 67.0 Å². The highest BCUT2D eigenvalue weighted by Gasteiger charge is 2.14. The van der Waals surface area contributed by atoms with E-state index in [1.807, 2.05) is 6.07 Å². The summed E-state index contributed by atoms with van der Waals surface area (Å²) in [6.07, 6.45) is 5.08. The summed E-state index contributed by atoms with van der Waals surface area (Å²) in [5, 5.41) is 7.22. The standard InChI is InChI=1S/C24H23N5O/c30-24(28-19-7-9-25-10-8-19)22-16-27-23-6-3-18(15-21(22)23)17-1-4-20(5-2-17)29-13-11-26-12-14-29/h1-10,15-16,26-27H,11-14H2,(H,25,28,30). The maximum atomic E-state index is 12.8. The van der Waals surface area contributed by atoms with E-state index in [1.54, 1.807) is 30.7 Å². The lowest BCUT2D eigenvalue weighted by molar-refractivity contribution is 0.102. The Labute approximate surface area is 174 Å². The van der Waals surface area contributed by atoms with Crippen LogP contribution in [0.2, 0.25) is 0 Å². The number of piperazine rings is 1. The smallest absolute Gasteiger partial charge is 0.257 e. The molecule has 0 bridgehead atoms. The summed E-state index contributed by atoms with van der Waals surface area (Å²) in [7, 11) is 0. The average Bonchev–Trinajstić information content (AvgIpc) is 3.24. The van der Waals surface area contributed by atoms with Crippen LogP contribution in [0.15, 0.2) is 73.2 Å². The van der Waals surface area contributed by atoms with Gasteiger partial charge in [-0.05, 0) is 47.5 Å².